The molecule has 31 heavy (non-hydrogen) atoms. The number of hydrogen-bond donors (Lipinski definition) is 3. The Bertz CT molecular complexity index is 888. The van der Waals surface area contributed by atoms with E-state index < -0.39 is 0 Å². The third kappa shape index (κ3) is 6.54. The van der Waals surface area contributed by atoms with Crippen LogP contribution in [0.5, 0.6) is 5.75 Å². The lowest BCUT2D eigenvalue weighted by atomic mass is 9.98. The average molecular weight is 446 g/mol. The Kier molecular flexibility index (Phi) is 8.09. The molecule has 9 heteroatoms. The summed E-state index contributed by atoms with van der Waals surface area (Å²) in [5, 5.41) is 15.0. The smallest absolute Gasteiger partial charge is 0.205 e. The maximum Gasteiger partial charge on any atom is 0.205 e. The van der Waals surface area contributed by atoms with Crippen LogP contribution in [-0.2, 0) is 6.42 Å². The Labute approximate surface area is 189 Å². The van der Waals surface area contributed by atoms with E-state index in [1.165, 1.54) is 24.3 Å². The lowest BCUT2D eigenvalue weighted by molar-refractivity contribution is 0.153. The Hall–Kier alpha value is -2.39. The summed E-state index contributed by atoms with van der Waals surface area (Å²) in [5.41, 5.74) is 9.23. The lowest BCUT2D eigenvalue weighted by Gasteiger charge is -2.24. The first-order chi connectivity index (χ1) is 14.8. The van der Waals surface area contributed by atoms with Gasteiger partial charge >= 0.3 is 0 Å². The standard InChI is InChI=1S/C22H35N7OS/c1-14(2)12-20-27-28-22(31-20)25-13-18(29(4)24)21(23)17-10-11-19(15(3)26-17)30-16-8-6-5-7-9-16/h10-11,14,16H,5-9,12-13,23-24H2,1-4H3,(H,25,28)/b21-18-. The van der Waals surface area contributed by atoms with E-state index in [1.807, 2.05) is 19.1 Å². The van der Waals surface area contributed by atoms with Crippen molar-refractivity contribution in [3.8, 4) is 5.75 Å². The van der Waals surface area contributed by atoms with Crippen LogP contribution in [0, 0.1) is 12.8 Å². The molecule has 3 rings (SSSR count). The Morgan fingerprint density at radius 2 is 2.00 bits per heavy atom. The fourth-order valence-electron chi connectivity index (χ4n) is 3.66. The molecule has 0 saturated heterocycles. The second kappa shape index (κ2) is 10.8. The van der Waals surface area contributed by atoms with Crippen LogP contribution in [-0.4, -0.2) is 39.9 Å². The van der Waals surface area contributed by atoms with Gasteiger partial charge in [0.25, 0.3) is 0 Å². The molecule has 0 spiro atoms. The zero-order chi connectivity index (χ0) is 22.4. The van der Waals surface area contributed by atoms with Crippen LogP contribution >= 0.6 is 11.3 Å². The molecule has 0 unspecified atom stereocenters. The molecule has 1 aliphatic carbocycles. The topological polar surface area (TPSA) is 115 Å². The number of aromatic nitrogens is 3. The summed E-state index contributed by atoms with van der Waals surface area (Å²) in [6, 6.07) is 3.86. The van der Waals surface area contributed by atoms with Crippen LogP contribution in [0.15, 0.2) is 17.8 Å². The normalized spacial score (nSPS) is 15.7. The van der Waals surface area contributed by atoms with Crippen LogP contribution in [0.4, 0.5) is 5.13 Å². The molecule has 5 N–H and O–H groups in total. The van der Waals surface area contributed by atoms with Gasteiger partial charge in [0.05, 0.1) is 35.4 Å². The molecule has 0 aliphatic heterocycles. The minimum absolute atomic E-state index is 0.287. The van der Waals surface area contributed by atoms with Gasteiger partial charge in [-0.25, -0.2) is 10.8 Å². The third-order valence-corrected chi connectivity index (χ3v) is 6.26. The van der Waals surface area contributed by atoms with E-state index in [9.17, 15) is 0 Å². The zero-order valence-electron chi connectivity index (χ0n) is 19.0. The second-order valence-corrected chi connectivity index (χ2v) is 9.64. The van der Waals surface area contributed by atoms with Crippen molar-refractivity contribution in [3.05, 3.63) is 34.2 Å². The lowest BCUT2D eigenvalue weighted by Crippen LogP contribution is -2.32. The van der Waals surface area contributed by atoms with Crippen molar-refractivity contribution in [1.29, 1.82) is 0 Å². The van der Waals surface area contributed by atoms with E-state index in [0.717, 1.165) is 46.5 Å². The summed E-state index contributed by atoms with van der Waals surface area (Å²) in [7, 11) is 1.77. The molecule has 0 aromatic carbocycles. The van der Waals surface area contributed by atoms with Crippen molar-refractivity contribution in [2.75, 3.05) is 18.9 Å². The number of aryl methyl sites for hydroxylation is 1. The molecule has 1 fully saturated rings. The van der Waals surface area contributed by atoms with E-state index in [4.69, 9.17) is 21.3 Å². The van der Waals surface area contributed by atoms with Crippen LogP contribution in [0.25, 0.3) is 5.70 Å². The van der Waals surface area contributed by atoms with Crippen molar-refractivity contribution in [1.82, 2.24) is 20.2 Å². The molecule has 0 radical (unpaired) electrons. The highest BCUT2D eigenvalue weighted by molar-refractivity contribution is 7.15. The minimum Gasteiger partial charge on any atom is -0.489 e. The zero-order valence-corrected chi connectivity index (χ0v) is 19.8. The minimum atomic E-state index is 0.287. The van der Waals surface area contributed by atoms with Crippen LogP contribution in [0.1, 0.15) is 62.3 Å². The van der Waals surface area contributed by atoms with Gasteiger partial charge in [0, 0.05) is 13.5 Å². The molecule has 0 amide bonds. The predicted octanol–water partition coefficient (Wildman–Crippen LogP) is 3.70. The fraction of sp³-hybridized carbons (Fsp3) is 0.591. The third-order valence-electron chi connectivity index (χ3n) is 5.35. The van der Waals surface area contributed by atoms with Crippen molar-refractivity contribution < 1.29 is 4.74 Å². The molecular weight excluding hydrogens is 410 g/mol. The molecule has 0 bridgehead atoms. The number of rotatable bonds is 9. The average Bonchev–Trinajstić information content (AvgIpc) is 3.16. The van der Waals surface area contributed by atoms with Gasteiger partial charge in [-0.15, -0.1) is 10.2 Å². The van der Waals surface area contributed by atoms with Crippen molar-refractivity contribution in [2.45, 2.75) is 65.4 Å². The van der Waals surface area contributed by atoms with Gasteiger partial charge in [-0.3, -0.25) is 0 Å². The Morgan fingerprint density at radius 3 is 2.65 bits per heavy atom. The van der Waals surface area contributed by atoms with E-state index in [2.05, 4.69) is 29.4 Å². The number of hydrogen-bond acceptors (Lipinski definition) is 9. The summed E-state index contributed by atoms with van der Waals surface area (Å²) in [6.07, 6.45) is 7.20. The number of anilines is 1. The Balaban J connectivity index is 1.71. The second-order valence-electron chi connectivity index (χ2n) is 8.58. The number of nitrogens with two attached hydrogens (primary N) is 2. The van der Waals surface area contributed by atoms with Gasteiger partial charge in [0.1, 0.15) is 10.8 Å². The van der Waals surface area contributed by atoms with Crippen molar-refractivity contribution >= 4 is 22.2 Å². The number of pyridine rings is 1. The molecule has 2 heterocycles. The number of ether oxygens (including phenoxy) is 1. The number of likely N-dealkylation sites (N-methyl/N-ethyl adjacent to an activating group) is 1. The van der Waals surface area contributed by atoms with E-state index in [0.29, 0.717) is 23.9 Å². The van der Waals surface area contributed by atoms with Gasteiger partial charge in [-0.2, -0.15) is 0 Å². The molecule has 1 aliphatic rings. The quantitative estimate of drug-likeness (QED) is 0.395. The van der Waals surface area contributed by atoms with Gasteiger partial charge in [0.15, 0.2) is 0 Å². The molecular formula is C22H35N7OS. The highest BCUT2D eigenvalue weighted by atomic mass is 32.1. The monoisotopic (exact) mass is 445 g/mol. The summed E-state index contributed by atoms with van der Waals surface area (Å²) >= 11 is 1.56. The van der Waals surface area contributed by atoms with Crippen molar-refractivity contribution in [2.24, 2.45) is 17.5 Å². The first-order valence-electron chi connectivity index (χ1n) is 11.0. The Morgan fingerprint density at radius 1 is 1.26 bits per heavy atom. The summed E-state index contributed by atoms with van der Waals surface area (Å²) in [6.45, 7) is 6.71. The van der Waals surface area contributed by atoms with E-state index in [1.54, 1.807) is 18.4 Å². The predicted molar refractivity (Wildman–Crippen MR) is 126 cm³/mol. The largest absolute Gasteiger partial charge is 0.489 e. The molecule has 8 nitrogen and oxygen atoms in total. The van der Waals surface area contributed by atoms with Gasteiger partial charge in [-0.05, 0) is 50.7 Å². The first-order valence-corrected chi connectivity index (χ1v) is 11.8. The maximum absolute atomic E-state index is 6.46. The summed E-state index contributed by atoms with van der Waals surface area (Å²) < 4.78 is 6.18. The SMILES string of the molecule is Cc1nc(/C(N)=C(\CNc2nnc(CC(C)C)s2)N(C)N)ccc1OC1CCCCC1. The van der Waals surface area contributed by atoms with Crippen LogP contribution in [0.3, 0.4) is 0 Å². The molecule has 0 atom stereocenters. The van der Waals surface area contributed by atoms with Crippen molar-refractivity contribution in [3.63, 3.8) is 0 Å². The highest BCUT2D eigenvalue weighted by Gasteiger charge is 2.18. The van der Waals surface area contributed by atoms with Gasteiger partial charge in [0.2, 0.25) is 5.13 Å². The first kappa shape index (κ1) is 23.3. The highest BCUT2D eigenvalue weighted by Crippen LogP contribution is 2.26. The number of hydrazine groups is 1. The summed E-state index contributed by atoms with van der Waals surface area (Å²) in [5.74, 6) is 7.44. The number of nitrogens with zero attached hydrogens (tertiary/aromatic N) is 4. The number of nitrogens with one attached hydrogen (secondary N) is 1. The van der Waals surface area contributed by atoms with Gasteiger partial charge in [-0.1, -0.05) is 31.6 Å². The molecule has 2 aromatic heterocycles. The van der Waals surface area contributed by atoms with Gasteiger partial charge < -0.3 is 20.8 Å². The van der Waals surface area contributed by atoms with Crippen LogP contribution in [0.2, 0.25) is 0 Å². The van der Waals surface area contributed by atoms with E-state index >= 15 is 0 Å². The summed E-state index contributed by atoms with van der Waals surface area (Å²) in [4.78, 5) is 4.69. The van der Waals surface area contributed by atoms with E-state index in [-0.39, 0.29) is 6.10 Å². The van der Waals surface area contributed by atoms with Crippen LogP contribution < -0.4 is 21.6 Å². The molecule has 2 aromatic rings. The molecule has 170 valence electrons. The molecule has 1 saturated carbocycles. The fourth-order valence-corrected chi connectivity index (χ4v) is 4.61. The maximum atomic E-state index is 6.46.